The van der Waals surface area contributed by atoms with E-state index in [1.54, 1.807) is 0 Å². The number of alkyl halides is 3. The molecule has 1 aliphatic rings. The molecule has 1 amide bonds. The van der Waals surface area contributed by atoms with Crippen molar-refractivity contribution in [2.24, 2.45) is 17.6 Å². The van der Waals surface area contributed by atoms with Crippen molar-refractivity contribution in [3.63, 3.8) is 0 Å². The molecule has 0 radical (unpaired) electrons. The summed E-state index contributed by atoms with van der Waals surface area (Å²) in [6.45, 7) is -0.510. The number of methoxy groups -OCH3 is 1. The van der Waals surface area contributed by atoms with E-state index in [0.29, 0.717) is 0 Å². The predicted molar refractivity (Wildman–Crippen MR) is 50.5 cm³/mol. The van der Waals surface area contributed by atoms with Gasteiger partial charge in [-0.25, -0.2) is 0 Å². The molecule has 4 nitrogen and oxygen atoms in total. The van der Waals surface area contributed by atoms with Gasteiger partial charge in [0.1, 0.15) is 0 Å². The van der Waals surface area contributed by atoms with Gasteiger partial charge in [0.2, 0.25) is 5.91 Å². The van der Waals surface area contributed by atoms with Crippen molar-refractivity contribution in [1.29, 1.82) is 0 Å². The smallest absolute Gasteiger partial charge is 0.384 e. The Labute approximate surface area is 91.5 Å². The Balaban J connectivity index is 2.72. The van der Waals surface area contributed by atoms with Crippen molar-refractivity contribution in [2.45, 2.75) is 6.18 Å². The fraction of sp³-hybridized carbons (Fsp3) is 0.889. The zero-order valence-corrected chi connectivity index (χ0v) is 8.96. The van der Waals surface area contributed by atoms with Crippen molar-refractivity contribution in [1.82, 2.24) is 4.90 Å². The maximum atomic E-state index is 12.7. The molecule has 0 aliphatic carbocycles. The van der Waals surface area contributed by atoms with E-state index in [1.807, 2.05) is 0 Å². The van der Waals surface area contributed by atoms with E-state index >= 15 is 0 Å². The molecule has 2 N–H and O–H groups in total. The van der Waals surface area contributed by atoms with E-state index in [4.69, 9.17) is 10.5 Å². The lowest BCUT2D eigenvalue weighted by Crippen LogP contribution is -2.35. The van der Waals surface area contributed by atoms with E-state index < -0.39 is 23.9 Å². The maximum Gasteiger partial charge on any atom is 0.393 e. The molecule has 0 bridgehead atoms. The van der Waals surface area contributed by atoms with E-state index in [0.717, 1.165) is 4.90 Å². The third kappa shape index (κ3) is 2.85. The monoisotopic (exact) mass is 240 g/mol. The largest absolute Gasteiger partial charge is 0.393 e. The lowest BCUT2D eigenvalue weighted by atomic mass is 9.96. The third-order valence-electron chi connectivity index (χ3n) is 2.77. The zero-order chi connectivity index (χ0) is 12.3. The van der Waals surface area contributed by atoms with Gasteiger partial charge in [-0.05, 0) is 0 Å². The van der Waals surface area contributed by atoms with Crippen molar-refractivity contribution < 1.29 is 22.7 Å². The SMILES string of the molecule is COC[C@@H]1CN(C(=O)CN)C[C@H]1C(F)(F)F. The predicted octanol–water partition coefficient (Wildman–Crippen LogP) is 0.228. The summed E-state index contributed by atoms with van der Waals surface area (Å²) in [7, 11) is 1.35. The maximum absolute atomic E-state index is 12.7. The number of carbonyl (C=O) groups excluding carboxylic acids is 1. The highest BCUT2D eigenvalue weighted by atomic mass is 19.4. The Bertz CT molecular complexity index is 258. The number of rotatable bonds is 3. The summed E-state index contributed by atoms with van der Waals surface area (Å²) in [6, 6.07) is 0. The molecule has 1 aliphatic heterocycles. The van der Waals surface area contributed by atoms with Crippen molar-refractivity contribution in [2.75, 3.05) is 33.4 Å². The summed E-state index contributed by atoms with van der Waals surface area (Å²) in [5, 5.41) is 0. The highest BCUT2D eigenvalue weighted by Crippen LogP contribution is 2.37. The van der Waals surface area contributed by atoms with E-state index in [-0.39, 0.29) is 26.2 Å². The molecule has 0 aromatic carbocycles. The quantitative estimate of drug-likeness (QED) is 0.768. The van der Waals surface area contributed by atoms with Gasteiger partial charge in [-0.2, -0.15) is 13.2 Å². The van der Waals surface area contributed by atoms with Gasteiger partial charge in [-0.15, -0.1) is 0 Å². The van der Waals surface area contributed by atoms with Gasteiger partial charge in [0.05, 0.1) is 19.1 Å². The molecule has 16 heavy (non-hydrogen) atoms. The summed E-state index contributed by atoms with van der Waals surface area (Å²) in [6.07, 6.45) is -4.30. The number of carbonyl (C=O) groups is 1. The van der Waals surface area contributed by atoms with Crippen LogP contribution in [0.1, 0.15) is 0 Å². The van der Waals surface area contributed by atoms with Crippen LogP contribution in [0.2, 0.25) is 0 Å². The van der Waals surface area contributed by atoms with Crippen LogP contribution in [0.15, 0.2) is 0 Å². The first-order chi connectivity index (χ1) is 7.40. The molecule has 0 spiro atoms. The second-order valence-corrected chi connectivity index (χ2v) is 3.87. The molecule has 2 atom stereocenters. The lowest BCUT2D eigenvalue weighted by Gasteiger charge is -2.19. The number of nitrogens with zero attached hydrogens (tertiary/aromatic N) is 1. The topological polar surface area (TPSA) is 55.6 Å². The van der Waals surface area contributed by atoms with Crippen LogP contribution in [0.3, 0.4) is 0 Å². The normalized spacial score (nSPS) is 26.2. The Kier molecular flexibility index (Phi) is 4.15. The first-order valence-electron chi connectivity index (χ1n) is 4.93. The van der Waals surface area contributed by atoms with Crippen LogP contribution in [-0.4, -0.2) is 50.3 Å². The van der Waals surface area contributed by atoms with Crippen LogP contribution >= 0.6 is 0 Å². The van der Waals surface area contributed by atoms with Crippen LogP contribution in [0.5, 0.6) is 0 Å². The van der Waals surface area contributed by atoms with Gasteiger partial charge in [0.15, 0.2) is 0 Å². The summed E-state index contributed by atoms with van der Waals surface area (Å²) >= 11 is 0. The van der Waals surface area contributed by atoms with Gasteiger partial charge in [0, 0.05) is 26.1 Å². The lowest BCUT2D eigenvalue weighted by molar-refractivity contribution is -0.183. The number of amides is 1. The summed E-state index contributed by atoms with van der Waals surface area (Å²) in [4.78, 5) is 12.4. The molecule has 1 heterocycles. The van der Waals surface area contributed by atoms with Crippen LogP contribution in [0, 0.1) is 11.8 Å². The molecular weight excluding hydrogens is 225 g/mol. The molecular formula is C9H15F3N2O2. The second kappa shape index (κ2) is 5.01. The standard InChI is InChI=1S/C9H15F3N2O2/c1-16-5-6-3-14(8(15)2-13)4-7(6)9(10,11)12/h6-7H,2-5,13H2,1H3/t6-,7+/m0/s1. The summed E-state index contributed by atoms with van der Waals surface area (Å²) in [5.41, 5.74) is 5.12. The van der Waals surface area contributed by atoms with Crippen LogP contribution in [0.4, 0.5) is 13.2 Å². The Morgan fingerprint density at radius 1 is 1.50 bits per heavy atom. The third-order valence-corrected chi connectivity index (χ3v) is 2.77. The number of hydrogen-bond acceptors (Lipinski definition) is 3. The van der Waals surface area contributed by atoms with Crippen molar-refractivity contribution >= 4 is 5.91 Å². The summed E-state index contributed by atoms with van der Waals surface area (Å²) in [5.74, 6) is -2.66. The van der Waals surface area contributed by atoms with E-state index in [2.05, 4.69) is 0 Å². The zero-order valence-electron chi connectivity index (χ0n) is 8.96. The van der Waals surface area contributed by atoms with Gasteiger partial charge >= 0.3 is 6.18 Å². The number of hydrogen-bond donors (Lipinski definition) is 1. The van der Waals surface area contributed by atoms with Crippen LogP contribution in [0.25, 0.3) is 0 Å². The van der Waals surface area contributed by atoms with Gasteiger partial charge in [-0.1, -0.05) is 0 Å². The highest BCUT2D eigenvalue weighted by molar-refractivity contribution is 5.78. The minimum Gasteiger partial charge on any atom is -0.384 e. The second-order valence-electron chi connectivity index (χ2n) is 3.87. The van der Waals surface area contributed by atoms with Gasteiger partial charge in [-0.3, -0.25) is 4.79 Å². The molecule has 1 rings (SSSR count). The van der Waals surface area contributed by atoms with E-state index in [9.17, 15) is 18.0 Å². The number of halogens is 3. The molecule has 1 fully saturated rings. The molecule has 0 saturated carbocycles. The fourth-order valence-electron chi connectivity index (χ4n) is 1.96. The highest BCUT2D eigenvalue weighted by Gasteiger charge is 2.50. The number of nitrogens with two attached hydrogens (primary N) is 1. The molecule has 7 heteroatoms. The van der Waals surface area contributed by atoms with Crippen LogP contribution in [-0.2, 0) is 9.53 Å². The van der Waals surface area contributed by atoms with Gasteiger partial charge in [0.25, 0.3) is 0 Å². The van der Waals surface area contributed by atoms with Crippen molar-refractivity contribution in [3.8, 4) is 0 Å². The number of ether oxygens (including phenoxy) is 1. The Morgan fingerprint density at radius 2 is 2.12 bits per heavy atom. The molecule has 0 aromatic heterocycles. The molecule has 94 valence electrons. The summed E-state index contributed by atoms with van der Waals surface area (Å²) < 4.78 is 42.7. The van der Waals surface area contributed by atoms with Gasteiger partial charge < -0.3 is 15.4 Å². The van der Waals surface area contributed by atoms with Crippen LogP contribution < -0.4 is 5.73 Å². The fourth-order valence-corrected chi connectivity index (χ4v) is 1.96. The number of likely N-dealkylation sites (tertiary alicyclic amines) is 1. The average Bonchev–Trinajstić information content (AvgIpc) is 2.61. The Hall–Kier alpha value is -0.820. The minimum atomic E-state index is -4.30. The Morgan fingerprint density at radius 3 is 2.56 bits per heavy atom. The first-order valence-corrected chi connectivity index (χ1v) is 4.93. The minimum absolute atomic E-state index is 0.00146. The first kappa shape index (κ1) is 13.2. The molecule has 1 saturated heterocycles. The molecule has 0 unspecified atom stereocenters. The van der Waals surface area contributed by atoms with E-state index in [1.165, 1.54) is 7.11 Å². The van der Waals surface area contributed by atoms with Crippen molar-refractivity contribution in [3.05, 3.63) is 0 Å². The average molecular weight is 240 g/mol. The molecule has 0 aromatic rings.